The Balaban J connectivity index is 2.08. The SMILES string of the molecule is CCOC(=O)Cn1nnnc1/C(=C/c1cc(OC)c(OC)c(OC)c1)NC(=O)c1ccccc1. The molecule has 1 amide bonds. The lowest BCUT2D eigenvalue weighted by molar-refractivity contribution is -0.144. The molecule has 2 aromatic carbocycles. The van der Waals surface area contributed by atoms with Gasteiger partial charge in [-0.1, -0.05) is 18.2 Å². The highest BCUT2D eigenvalue weighted by Crippen LogP contribution is 2.39. The summed E-state index contributed by atoms with van der Waals surface area (Å²) in [6.45, 7) is 1.69. The van der Waals surface area contributed by atoms with Crippen molar-refractivity contribution in [3.8, 4) is 17.2 Å². The van der Waals surface area contributed by atoms with Crippen LogP contribution in [0.3, 0.4) is 0 Å². The van der Waals surface area contributed by atoms with E-state index < -0.39 is 5.97 Å². The van der Waals surface area contributed by atoms with E-state index in [4.69, 9.17) is 18.9 Å². The first-order chi connectivity index (χ1) is 16.5. The number of aromatic nitrogens is 4. The van der Waals surface area contributed by atoms with Gasteiger partial charge in [-0.15, -0.1) is 5.10 Å². The van der Waals surface area contributed by atoms with Crippen molar-refractivity contribution in [3.05, 3.63) is 59.4 Å². The Morgan fingerprint density at radius 2 is 1.71 bits per heavy atom. The van der Waals surface area contributed by atoms with Gasteiger partial charge in [0.1, 0.15) is 6.54 Å². The predicted octanol–water partition coefficient (Wildman–Crippen LogP) is 2.19. The lowest BCUT2D eigenvalue weighted by Crippen LogP contribution is -2.25. The van der Waals surface area contributed by atoms with Crippen LogP contribution >= 0.6 is 0 Å². The molecule has 3 rings (SSSR count). The Morgan fingerprint density at radius 3 is 2.29 bits per heavy atom. The van der Waals surface area contributed by atoms with Crippen molar-refractivity contribution in [2.45, 2.75) is 13.5 Å². The fraction of sp³-hybridized carbons (Fsp3) is 0.261. The van der Waals surface area contributed by atoms with E-state index in [9.17, 15) is 9.59 Å². The van der Waals surface area contributed by atoms with Gasteiger partial charge in [-0.2, -0.15) is 0 Å². The molecule has 0 bridgehead atoms. The van der Waals surface area contributed by atoms with Crippen LogP contribution < -0.4 is 19.5 Å². The average Bonchev–Trinajstić information content (AvgIpc) is 3.31. The lowest BCUT2D eigenvalue weighted by atomic mass is 10.1. The third-order valence-corrected chi connectivity index (χ3v) is 4.64. The fourth-order valence-corrected chi connectivity index (χ4v) is 3.12. The highest BCUT2D eigenvalue weighted by molar-refractivity contribution is 6.01. The van der Waals surface area contributed by atoms with E-state index in [2.05, 4.69) is 20.8 Å². The van der Waals surface area contributed by atoms with Gasteiger partial charge in [0.25, 0.3) is 5.91 Å². The normalized spacial score (nSPS) is 11.0. The minimum absolute atomic E-state index is 0.158. The molecule has 0 aliphatic rings. The molecular formula is C23H25N5O6. The van der Waals surface area contributed by atoms with E-state index in [0.29, 0.717) is 28.4 Å². The summed E-state index contributed by atoms with van der Waals surface area (Å²) in [5.41, 5.74) is 1.28. The summed E-state index contributed by atoms with van der Waals surface area (Å²) in [6, 6.07) is 12.1. The molecule has 0 aliphatic heterocycles. The van der Waals surface area contributed by atoms with Crippen LogP contribution in [0.4, 0.5) is 0 Å². The van der Waals surface area contributed by atoms with Gasteiger partial charge < -0.3 is 24.3 Å². The number of amides is 1. The summed E-state index contributed by atoms with van der Waals surface area (Å²) in [4.78, 5) is 25.0. The summed E-state index contributed by atoms with van der Waals surface area (Å²) in [7, 11) is 4.51. The zero-order valence-corrected chi connectivity index (χ0v) is 19.3. The summed E-state index contributed by atoms with van der Waals surface area (Å²) in [5.74, 6) is 0.527. The van der Waals surface area contributed by atoms with Crippen LogP contribution in [0.25, 0.3) is 11.8 Å². The smallest absolute Gasteiger partial charge is 0.327 e. The first-order valence-corrected chi connectivity index (χ1v) is 10.3. The molecule has 34 heavy (non-hydrogen) atoms. The highest BCUT2D eigenvalue weighted by Gasteiger charge is 2.19. The molecule has 178 valence electrons. The van der Waals surface area contributed by atoms with Crippen molar-refractivity contribution in [3.63, 3.8) is 0 Å². The fourth-order valence-electron chi connectivity index (χ4n) is 3.12. The Kier molecular flexibility index (Phi) is 8.16. The van der Waals surface area contributed by atoms with E-state index in [1.54, 1.807) is 49.4 Å². The van der Waals surface area contributed by atoms with Crippen molar-refractivity contribution >= 4 is 23.6 Å². The number of nitrogens with one attached hydrogen (secondary N) is 1. The largest absolute Gasteiger partial charge is 0.493 e. The molecular weight excluding hydrogens is 442 g/mol. The first-order valence-electron chi connectivity index (χ1n) is 10.3. The number of rotatable bonds is 10. The minimum Gasteiger partial charge on any atom is -0.493 e. The number of tetrazole rings is 1. The van der Waals surface area contributed by atoms with E-state index in [1.165, 1.54) is 26.0 Å². The maximum absolute atomic E-state index is 12.9. The Morgan fingerprint density at radius 1 is 1.03 bits per heavy atom. The van der Waals surface area contributed by atoms with Crippen LogP contribution in [0, 0.1) is 0 Å². The molecule has 1 heterocycles. The maximum atomic E-state index is 12.9. The summed E-state index contributed by atoms with van der Waals surface area (Å²) in [5, 5.41) is 14.4. The number of hydrogen-bond acceptors (Lipinski definition) is 9. The van der Waals surface area contributed by atoms with E-state index >= 15 is 0 Å². The van der Waals surface area contributed by atoms with Crippen LogP contribution in [-0.4, -0.2) is 60.0 Å². The van der Waals surface area contributed by atoms with Crippen LogP contribution in [0.2, 0.25) is 0 Å². The lowest BCUT2D eigenvalue weighted by Gasteiger charge is -2.14. The molecule has 11 nitrogen and oxygen atoms in total. The Bertz CT molecular complexity index is 1150. The van der Waals surface area contributed by atoms with Crippen LogP contribution in [0.15, 0.2) is 42.5 Å². The van der Waals surface area contributed by atoms with Gasteiger partial charge in [0.2, 0.25) is 5.75 Å². The molecule has 0 fully saturated rings. The van der Waals surface area contributed by atoms with Gasteiger partial charge in [0.05, 0.1) is 33.6 Å². The van der Waals surface area contributed by atoms with Gasteiger partial charge in [-0.25, -0.2) is 4.68 Å². The Labute approximate surface area is 196 Å². The van der Waals surface area contributed by atoms with E-state index in [1.807, 2.05) is 6.07 Å². The van der Waals surface area contributed by atoms with Gasteiger partial charge >= 0.3 is 5.97 Å². The monoisotopic (exact) mass is 467 g/mol. The number of ether oxygens (including phenoxy) is 4. The topological polar surface area (TPSA) is 127 Å². The molecule has 0 saturated carbocycles. The minimum atomic E-state index is -0.516. The third kappa shape index (κ3) is 5.68. The highest BCUT2D eigenvalue weighted by atomic mass is 16.5. The van der Waals surface area contributed by atoms with Crippen molar-refractivity contribution in [1.82, 2.24) is 25.5 Å². The summed E-state index contributed by atoms with van der Waals surface area (Å²) in [6.07, 6.45) is 1.64. The number of methoxy groups -OCH3 is 3. The van der Waals surface area contributed by atoms with E-state index in [-0.39, 0.29) is 30.6 Å². The van der Waals surface area contributed by atoms with Crippen molar-refractivity contribution < 1.29 is 28.5 Å². The van der Waals surface area contributed by atoms with Gasteiger partial charge in [0.15, 0.2) is 17.3 Å². The second-order valence-corrected chi connectivity index (χ2v) is 6.80. The molecule has 11 heteroatoms. The van der Waals surface area contributed by atoms with Crippen molar-refractivity contribution in [2.24, 2.45) is 0 Å². The van der Waals surface area contributed by atoms with Crippen LogP contribution in [-0.2, 0) is 16.1 Å². The molecule has 1 N–H and O–H groups in total. The number of esters is 1. The molecule has 0 spiro atoms. The molecule has 1 aromatic heterocycles. The molecule has 3 aromatic rings. The zero-order valence-electron chi connectivity index (χ0n) is 19.3. The predicted molar refractivity (Wildman–Crippen MR) is 122 cm³/mol. The average molecular weight is 467 g/mol. The summed E-state index contributed by atoms with van der Waals surface area (Å²) < 4.78 is 22.4. The quantitative estimate of drug-likeness (QED) is 0.446. The number of carbonyl (C=O) groups is 2. The van der Waals surface area contributed by atoms with Crippen molar-refractivity contribution in [2.75, 3.05) is 27.9 Å². The molecule has 0 saturated heterocycles. The van der Waals surface area contributed by atoms with Crippen LogP contribution in [0.1, 0.15) is 28.7 Å². The third-order valence-electron chi connectivity index (χ3n) is 4.64. The van der Waals surface area contributed by atoms with Gasteiger partial charge in [-0.05, 0) is 53.3 Å². The second-order valence-electron chi connectivity index (χ2n) is 6.80. The number of benzene rings is 2. The molecule has 0 aliphatic carbocycles. The molecule has 0 unspecified atom stereocenters. The number of hydrogen-bond donors (Lipinski definition) is 1. The van der Waals surface area contributed by atoms with Crippen molar-refractivity contribution in [1.29, 1.82) is 0 Å². The first kappa shape index (κ1) is 24.2. The number of carbonyl (C=O) groups excluding carboxylic acids is 2. The standard InChI is InChI=1S/C23H25N5O6/c1-5-34-20(29)14-28-22(25-26-27-28)17(24-23(30)16-9-7-6-8-10-16)11-15-12-18(31-2)21(33-4)19(13-15)32-3/h6-13H,5,14H2,1-4H3,(H,24,30)/b17-11-. The summed E-state index contributed by atoms with van der Waals surface area (Å²) >= 11 is 0. The van der Waals surface area contributed by atoms with E-state index in [0.717, 1.165) is 0 Å². The molecule has 0 radical (unpaired) electrons. The van der Waals surface area contributed by atoms with Gasteiger partial charge in [0, 0.05) is 5.56 Å². The maximum Gasteiger partial charge on any atom is 0.327 e. The van der Waals surface area contributed by atoms with Gasteiger partial charge in [-0.3, -0.25) is 9.59 Å². The second kappa shape index (κ2) is 11.5. The Hall–Kier alpha value is -4.41. The van der Waals surface area contributed by atoms with Crippen LogP contribution in [0.5, 0.6) is 17.2 Å². The zero-order chi connectivity index (χ0) is 24.5. The molecule has 0 atom stereocenters. The number of nitrogens with zero attached hydrogens (tertiary/aromatic N) is 4.